The Morgan fingerprint density at radius 3 is 2.39 bits per heavy atom. The number of nitro benzene ring substituents is 1. The van der Waals surface area contributed by atoms with Crippen LogP contribution in [0.25, 0.3) is 22.0 Å². The number of aliphatic imine (C=N–C) groups is 1. The number of aromatic nitrogens is 2. The van der Waals surface area contributed by atoms with Crippen LogP contribution in [-0.4, -0.2) is 96.0 Å². The van der Waals surface area contributed by atoms with E-state index >= 15 is 0 Å². The van der Waals surface area contributed by atoms with Gasteiger partial charge in [0.2, 0.25) is 0 Å². The highest BCUT2D eigenvalue weighted by Gasteiger charge is 2.28. The largest absolute Gasteiger partial charge is 0.376 e. The molecule has 0 amide bonds. The van der Waals surface area contributed by atoms with Gasteiger partial charge in [-0.1, -0.05) is 66.2 Å². The highest BCUT2D eigenvalue weighted by atomic mass is 35.5. The molecule has 5 aromatic carbocycles. The summed E-state index contributed by atoms with van der Waals surface area (Å²) in [5.74, 6) is 0.717. The molecule has 16 heteroatoms. The lowest BCUT2D eigenvalue weighted by molar-refractivity contribution is -0.384. The van der Waals surface area contributed by atoms with E-state index in [1.54, 1.807) is 11.8 Å². The molecule has 1 saturated heterocycles. The van der Waals surface area contributed by atoms with E-state index in [0.29, 0.717) is 34.6 Å². The van der Waals surface area contributed by atoms with Crippen LogP contribution in [0.4, 0.5) is 22.9 Å². The Balaban J connectivity index is 0.941. The zero-order chi connectivity index (χ0) is 43.3. The second-order valence-corrected chi connectivity index (χ2v) is 19.4. The van der Waals surface area contributed by atoms with Crippen molar-refractivity contribution in [1.82, 2.24) is 19.8 Å². The number of nitro groups is 1. The van der Waals surface area contributed by atoms with E-state index in [2.05, 4.69) is 77.8 Å². The third-order valence-electron chi connectivity index (χ3n) is 11.1. The molecule has 2 aliphatic heterocycles. The molecule has 6 aromatic rings. The number of nitrogens with one attached hydrogen (secondary N) is 2. The summed E-state index contributed by atoms with van der Waals surface area (Å²) in [4.78, 5) is 32.9. The molecule has 0 bridgehead atoms. The fourth-order valence-corrected chi connectivity index (χ4v) is 10.1. The summed E-state index contributed by atoms with van der Waals surface area (Å²) in [5.41, 5.74) is 4.79. The van der Waals surface area contributed by atoms with Crippen molar-refractivity contribution in [2.24, 2.45) is 4.99 Å². The Kier molecular flexibility index (Phi) is 13.0. The number of rotatable bonds is 16. The van der Waals surface area contributed by atoms with Gasteiger partial charge in [-0.2, -0.15) is 0 Å². The minimum atomic E-state index is -4.29. The Morgan fingerprint density at radius 1 is 0.903 bits per heavy atom. The van der Waals surface area contributed by atoms with Crippen molar-refractivity contribution in [3.8, 4) is 11.1 Å². The molecule has 3 heterocycles. The van der Waals surface area contributed by atoms with Crippen molar-refractivity contribution in [2.75, 3.05) is 60.0 Å². The summed E-state index contributed by atoms with van der Waals surface area (Å²) in [5, 5.41) is 17.1. The van der Waals surface area contributed by atoms with Gasteiger partial charge in [0.1, 0.15) is 12.0 Å². The van der Waals surface area contributed by atoms with Gasteiger partial charge < -0.3 is 15.1 Å². The van der Waals surface area contributed by atoms with Crippen molar-refractivity contribution >= 4 is 73.5 Å². The predicted molar refractivity (Wildman–Crippen MR) is 251 cm³/mol. The van der Waals surface area contributed by atoms with Crippen LogP contribution in [0.1, 0.15) is 25.8 Å². The van der Waals surface area contributed by atoms with Crippen LogP contribution in [-0.2, 0) is 16.6 Å². The van der Waals surface area contributed by atoms with Crippen LogP contribution in [0.5, 0.6) is 0 Å². The van der Waals surface area contributed by atoms with E-state index < -0.39 is 14.9 Å². The number of fused-ring (bicyclic) bond motifs is 1. The third-order valence-corrected chi connectivity index (χ3v) is 13.8. The Labute approximate surface area is 371 Å². The van der Waals surface area contributed by atoms with Gasteiger partial charge in [0.25, 0.3) is 15.7 Å². The lowest BCUT2D eigenvalue weighted by Gasteiger charge is -2.36. The number of piperazine rings is 1. The average Bonchev–Trinajstić information content (AvgIpc) is 3.63. The molecule has 0 radical (unpaired) electrons. The van der Waals surface area contributed by atoms with Crippen LogP contribution < -0.4 is 14.9 Å². The molecular weight excluding hydrogens is 842 g/mol. The number of benzene rings is 5. The van der Waals surface area contributed by atoms with E-state index in [9.17, 15) is 18.5 Å². The van der Waals surface area contributed by atoms with Crippen LogP contribution in [0.3, 0.4) is 0 Å². The maximum atomic E-state index is 13.9. The minimum Gasteiger partial charge on any atom is -0.376 e. The molecular formula is C46H48ClN9O4S2. The Bertz CT molecular complexity index is 2680. The van der Waals surface area contributed by atoms with Crippen molar-refractivity contribution in [3.05, 3.63) is 142 Å². The van der Waals surface area contributed by atoms with Crippen molar-refractivity contribution < 1.29 is 13.3 Å². The van der Waals surface area contributed by atoms with E-state index in [4.69, 9.17) is 11.6 Å². The number of thioether (sulfide) groups is 1. The molecule has 0 aliphatic carbocycles. The lowest BCUT2D eigenvalue weighted by Crippen LogP contribution is -2.46. The Morgan fingerprint density at radius 2 is 1.66 bits per heavy atom. The van der Waals surface area contributed by atoms with E-state index in [1.807, 2.05) is 79.1 Å². The smallest absolute Gasteiger partial charge is 0.293 e. The van der Waals surface area contributed by atoms with E-state index in [0.717, 1.165) is 61.5 Å². The van der Waals surface area contributed by atoms with E-state index in [1.165, 1.54) is 29.6 Å². The molecule has 1 fully saturated rings. The highest BCUT2D eigenvalue weighted by molar-refractivity contribution is 7.99. The van der Waals surface area contributed by atoms with Gasteiger partial charge in [-0.3, -0.25) is 24.7 Å². The first-order valence-electron chi connectivity index (χ1n) is 20.5. The summed E-state index contributed by atoms with van der Waals surface area (Å²) >= 11 is 8.09. The van der Waals surface area contributed by atoms with Gasteiger partial charge in [0.15, 0.2) is 5.82 Å². The molecule has 8 rings (SSSR count). The molecule has 320 valence electrons. The van der Waals surface area contributed by atoms with Gasteiger partial charge in [0, 0.05) is 84.7 Å². The van der Waals surface area contributed by atoms with Gasteiger partial charge in [-0.05, 0) is 91.6 Å². The maximum Gasteiger partial charge on any atom is 0.293 e. The first-order valence-corrected chi connectivity index (χ1v) is 23.3. The summed E-state index contributed by atoms with van der Waals surface area (Å²) in [6.07, 6.45) is 3.86. The minimum absolute atomic E-state index is 0.0820. The molecule has 0 saturated carbocycles. The monoisotopic (exact) mass is 889 g/mol. The normalized spacial score (nSPS) is 15.8. The second kappa shape index (κ2) is 18.7. The topological polar surface area (TPSA) is 149 Å². The van der Waals surface area contributed by atoms with Crippen LogP contribution >= 0.6 is 23.4 Å². The lowest BCUT2D eigenvalue weighted by atomic mass is 9.99. The molecule has 2 N–H and O–H groups in total. The van der Waals surface area contributed by atoms with E-state index in [-0.39, 0.29) is 33.7 Å². The number of anilines is 3. The van der Waals surface area contributed by atoms with Crippen molar-refractivity contribution in [3.63, 3.8) is 0 Å². The third kappa shape index (κ3) is 10.5. The van der Waals surface area contributed by atoms with Crippen LogP contribution in [0, 0.1) is 10.1 Å². The van der Waals surface area contributed by atoms with Crippen molar-refractivity contribution in [1.29, 1.82) is 0 Å². The number of nitrogens with zero attached hydrogens (tertiary/aromatic N) is 7. The quantitative estimate of drug-likeness (QED) is 0.0545. The van der Waals surface area contributed by atoms with Gasteiger partial charge >= 0.3 is 0 Å². The molecule has 1 unspecified atom stereocenters. The maximum absolute atomic E-state index is 13.9. The number of hydrogen-bond donors (Lipinski definition) is 2. The Hall–Kier alpha value is -5.74. The predicted octanol–water partition coefficient (Wildman–Crippen LogP) is 9.07. The number of hydrogen-bond acceptors (Lipinski definition) is 12. The van der Waals surface area contributed by atoms with Gasteiger partial charge in [-0.15, -0.1) is 11.8 Å². The molecule has 62 heavy (non-hydrogen) atoms. The first kappa shape index (κ1) is 42.9. The average molecular weight is 891 g/mol. The van der Waals surface area contributed by atoms with Crippen molar-refractivity contribution in [2.45, 2.75) is 48.2 Å². The SMILES string of the molecule is CC1(C)CN(CCC(CSc2ccccc2)Nc2ccc(S(=O)(=O)Nc3ncnc4cc(N5CCN(Cc6cc(Cl)ccc6-c6ccccc6)CC5)ccc34)cc2[N+](=O)[O-])C=N1. The summed E-state index contributed by atoms with van der Waals surface area (Å²) < 4.78 is 30.3. The zero-order valence-electron chi connectivity index (χ0n) is 34.5. The summed E-state index contributed by atoms with van der Waals surface area (Å²) in [6.45, 7) is 9.69. The number of halogens is 1. The molecule has 0 spiro atoms. The molecule has 1 atom stereocenters. The molecule has 13 nitrogen and oxygen atoms in total. The van der Waals surface area contributed by atoms with Gasteiger partial charge in [-0.25, -0.2) is 18.4 Å². The fraction of sp³-hybridized carbons (Fsp3) is 0.283. The molecule has 1 aromatic heterocycles. The van der Waals surface area contributed by atoms with Crippen LogP contribution in [0.15, 0.2) is 136 Å². The molecule has 2 aliphatic rings. The zero-order valence-corrected chi connectivity index (χ0v) is 36.9. The van der Waals surface area contributed by atoms with Gasteiger partial charge in [0.05, 0.1) is 27.2 Å². The first-order chi connectivity index (χ1) is 29.9. The second-order valence-electron chi connectivity index (χ2n) is 16.2. The summed E-state index contributed by atoms with van der Waals surface area (Å²) in [6, 6.07) is 35.8. The standard InChI is InChI=1S/C46H48ClN9O4S2/c1-46(2)30-54(32-50-46)20-19-36(29-61-38-11-7-4-8-12-38)51-42-18-15-39(27-44(42)56(57)58)62(59,60)52-45-41-17-14-37(26-43(41)48-31-49-45)55-23-21-53(22-24-55)28-34-25-35(47)13-16-40(34)33-9-5-3-6-10-33/h3-18,25-27,31-32,36,51H,19-24,28-30H2,1-2H3,(H,48,49,52). The summed E-state index contributed by atoms with van der Waals surface area (Å²) in [7, 11) is -4.29. The van der Waals surface area contributed by atoms with Crippen LogP contribution in [0.2, 0.25) is 5.02 Å². The highest BCUT2D eigenvalue weighted by Crippen LogP contribution is 2.33. The number of sulfonamides is 1. The fourth-order valence-electron chi connectivity index (χ4n) is 7.86.